The molecule has 1 heterocycles. The van der Waals surface area contributed by atoms with Crippen LogP contribution in [0, 0.1) is 13.8 Å². The van der Waals surface area contributed by atoms with E-state index in [1.165, 1.54) is 18.4 Å². The zero-order valence-corrected chi connectivity index (χ0v) is 12.9. The van der Waals surface area contributed by atoms with Gasteiger partial charge in [0, 0.05) is 23.0 Å². The smallest absolute Gasteiger partial charge is 0.159 e. The van der Waals surface area contributed by atoms with Gasteiger partial charge in [-0.1, -0.05) is 30.3 Å². The standard InChI is InChI=1S/C18H23N3/c1-13-17(9-6-12-19-16-10-11-16)14(2)21-18(20-13)15-7-4-3-5-8-15/h3-5,7-8,16,19H,6,9-12H2,1-2H3. The minimum Gasteiger partial charge on any atom is -0.314 e. The van der Waals surface area contributed by atoms with Crippen molar-refractivity contribution in [2.45, 2.75) is 45.6 Å². The molecule has 2 aromatic rings. The fourth-order valence-electron chi connectivity index (χ4n) is 2.68. The SMILES string of the molecule is Cc1nc(-c2ccccc2)nc(C)c1CCCNC1CC1. The molecular formula is C18H23N3. The molecule has 0 radical (unpaired) electrons. The van der Waals surface area contributed by atoms with E-state index >= 15 is 0 Å². The van der Waals surface area contributed by atoms with Crippen molar-refractivity contribution in [1.82, 2.24) is 15.3 Å². The van der Waals surface area contributed by atoms with E-state index in [0.29, 0.717) is 0 Å². The summed E-state index contributed by atoms with van der Waals surface area (Å²) in [6.45, 7) is 5.31. The van der Waals surface area contributed by atoms with Crippen LogP contribution in [0.3, 0.4) is 0 Å². The minimum absolute atomic E-state index is 0.795. The molecular weight excluding hydrogens is 258 g/mol. The summed E-state index contributed by atoms with van der Waals surface area (Å²) in [4.78, 5) is 9.40. The number of nitrogens with one attached hydrogen (secondary N) is 1. The number of hydrogen-bond acceptors (Lipinski definition) is 3. The Kier molecular flexibility index (Phi) is 4.30. The maximum Gasteiger partial charge on any atom is 0.159 e. The Labute approximate surface area is 126 Å². The Bertz CT molecular complexity index is 580. The number of aromatic nitrogens is 2. The maximum absolute atomic E-state index is 4.70. The Morgan fingerprint density at radius 1 is 1.05 bits per heavy atom. The largest absolute Gasteiger partial charge is 0.314 e. The normalized spacial score (nSPS) is 14.4. The van der Waals surface area contributed by atoms with Crippen LogP contribution in [0.1, 0.15) is 36.2 Å². The first-order chi connectivity index (χ1) is 10.2. The summed E-state index contributed by atoms with van der Waals surface area (Å²) in [6, 6.07) is 11.0. The molecule has 0 aliphatic heterocycles. The van der Waals surface area contributed by atoms with Gasteiger partial charge in [-0.15, -0.1) is 0 Å². The van der Waals surface area contributed by atoms with Crippen LogP contribution < -0.4 is 5.32 Å². The Balaban J connectivity index is 1.70. The van der Waals surface area contributed by atoms with Crippen molar-refractivity contribution in [1.29, 1.82) is 0 Å². The lowest BCUT2D eigenvalue weighted by Gasteiger charge is -2.11. The van der Waals surface area contributed by atoms with Crippen LogP contribution in [0.25, 0.3) is 11.4 Å². The molecule has 1 aliphatic rings. The van der Waals surface area contributed by atoms with E-state index in [0.717, 1.165) is 48.2 Å². The number of benzene rings is 1. The molecule has 110 valence electrons. The molecule has 0 amide bonds. The van der Waals surface area contributed by atoms with Gasteiger partial charge in [-0.3, -0.25) is 0 Å². The van der Waals surface area contributed by atoms with Gasteiger partial charge in [-0.25, -0.2) is 9.97 Å². The molecule has 1 aliphatic carbocycles. The van der Waals surface area contributed by atoms with Crippen molar-refractivity contribution in [3.63, 3.8) is 0 Å². The minimum atomic E-state index is 0.795. The molecule has 21 heavy (non-hydrogen) atoms. The molecule has 0 spiro atoms. The second-order valence-corrected chi connectivity index (χ2v) is 5.89. The van der Waals surface area contributed by atoms with Gasteiger partial charge in [-0.2, -0.15) is 0 Å². The number of nitrogens with zero attached hydrogens (tertiary/aromatic N) is 2. The summed E-state index contributed by atoms with van der Waals surface area (Å²) >= 11 is 0. The average Bonchev–Trinajstić information content (AvgIpc) is 3.30. The third-order valence-electron chi connectivity index (χ3n) is 4.07. The lowest BCUT2D eigenvalue weighted by atomic mass is 10.1. The molecule has 1 N–H and O–H groups in total. The van der Waals surface area contributed by atoms with Crippen molar-refractivity contribution >= 4 is 0 Å². The van der Waals surface area contributed by atoms with E-state index in [-0.39, 0.29) is 0 Å². The van der Waals surface area contributed by atoms with Crippen LogP contribution in [0.2, 0.25) is 0 Å². The van der Waals surface area contributed by atoms with E-state index in [4.69, 9.17) is 9.97 Å². The number of aryl methyl sites for hydroxylation is 2. The summed E-state index contributed by atoms with van der Waals surface area (Å²) in [5.74, 6) is 0.838. The van der Waals surface area contributed by atoms with E-state index in [1.54, 1.807) is 0 Å². The summed E-state index contributed by atoms with van der Waals surface area (Å²) < 4.78 is 0. The molecule has 1 saturated carbocycles. The fraction of sp³-hybridized carbons (Fsp3) is 0.444. The van der Waals surface area contributed by atoms with Crippen molar-refractivity contribution < 1.29 is 0 Å². The van der Waals surface area contributed by atoms with Crippen LogP contribution in [0.4, 0.5) is 0 Å². The van der Waals surface area contributed by atoms with Gasteiger partial charge in [0.1, 0.15) is 0 Å². The maximum atomic E-state index is 4.70. The first-order valence-corrected chi connectivity index (χ1v) is 7.87. The van der Waals surface area contributed by atoms with E-state index in [1.807, 2.05) is 18.2 Å². The third kappa shape index (κ3) is 3.67. The molecule has 0 saturated heterocycles. The lowest BCUT2D eigenvalue weighted by Crippen LogP contribution is -2.18. The van der Waals surface area contributed by atoms with Gasteiger partial charge in [0.25, 0.3) is 0 Å². The molecule has 0 unspecified atom stereocenters. The second kappa shape index (κ2) is 6.35. The molecule has 0 atom stereocenters. The van der Waals surface area contributed by atoms with Gasteiger partial charge in [0.15, 0.2) is 5.82 Å². The molecule has 3 rings (SSSR count). The van der Waals surface area contributed by atoms with Crippen LogP contribution in [0.5, 0.6) is 0 Å². The Morgan fingerprint density at radius 2 is 1.71 bits per heavy atom. The summed E-state index contributed by atoms with van der Waals surface area (Å²) in [7, 11) is 0. The summed E-state index contributed by atoms with van der Waals surface area (Å²) in [5, 5.41) is 3.56. The monoisotopic (exact) mass is 281 g/mol. The van der Waals surface area contributed by atoms with Gasteiger partial charge in [0.2, 0.25) is 0 Å². The van der Waals surface area contributed by atoms with Crippen LogP contribution >= 0.6 is 0 Å². The molecule has 3 nitrogen and oxygen atoms in total. The van der Waals surface area contributed by atoms with Crippen LogP contribution in [-0.2, 0) is 6.42 Å². The van der Waals surface area contributed by atoms with Crippen LogP contribution in [0.15, 0.2) is 30.3 Å². The van der Waals surface area contributed by atoms with Crippen LogP contribution in [-0.4, -0.2) is 22.6 Å². The molecule has 3 heteroatoms. The average molecular weight is 281 g/mol. The highest BCUT2D eigenvalue weighted by molar-refractivity contribution is 5.55. The zero-order valence-electron chi connectivity index (χ0n) is 12.9. The highest BCUT2D eigenvalue weighted by atomic mass is 14.9. The van der Waals surface area contributed by atoms with E-state index in [2.05, 4.69) is 31.3 Å². The Hall–Kier alpha value is -1.74. The van der Waals surface area contributed by atoms with E-state index < -0.39 is 0 Å². The lowest BCUT2D eigenvalue weighted by molar-refractivity contribution is 0.642. The Morgan fingerprint density at radius 3 is 2.33 bits per heavy atom. The van der Waals surface area contributed by atoms with Gasteiger partial charge in [-0.05, 0) is 51.6 Å². The number of hydrogen-bond donors (Lipinski definition) is 1. The fourth-order valence-corrected chi connectivity index (χ4v) is 2.68. The van der Waals surface area contributed by atoms with E-state index in [9.17, 15) is 0 Å². The molecule has 0 bridgehead atoms. The zero-order chi connectivity index (χ0) is 14.7. The third-order valence-corrected chi connectivity index (χ3v) is 4.07. The summed E-state index contributed by atoms with van der Waals surface area (Å²) in [5.41, 5.74) is 4.64. The quantitative estimate of drug-likeness (QED) is 0.824. The predicted molar refractivity (Wildman–Crippen MR) is 86.3 cm³/mol. The van der Waals surface area contributed by atoms with Gasteiger partial charge < -0.3 is 5.32 Å². The van der Waals surface area contributed by atoms with Gasteiger partial charge in [0.05, 0.1) is 0 Å². The van der Waals surface area contributed by atoms with Crippen molar-refractivity contribution in [2.24, 2.45) is 0 Å². The van der Waals surface area contributed by atoms with Crippen molar-refractivity contribution in [3.05, 3.63) is 47.3 Å². The molecule has 1 fully saturated rings. The highest BCUT2D eigenvalue weighted by Gasteiger charge is 2.19. The highest BCUT2D eigenvalue weighted by Crippen LogP contribution is 2.20. The first kappa shape index (κ1) is 14.2. The molecule has 1 aromatic carbocycles. The van der Waals surface area contributed by atoms with Crippen molar-refractivity contribution in [2.75, 3.05) is 6.54 Å². The first-order valence-electron chi connectivity index (χ1n) is 7.87. The summed E-state index contributed by atoms with van der Waals surface area (Å²) in [6.07, 6.45) is 4.93. The number of rotatable bonds is 6. The van der Waals surface area contributed by atoms with Gasteiger partial charge >= 0.3 is 0 Å². The molecule has 1 aromatic heterocycles. The second-order valence-electron chi connectivity index (χ2n) is 5.89. The van der Waals surface area contributed by atoms with Crippen molar-refractivity contribution in [3.8, 4) is 11.4 Å². The predicted octanol–water partition coefficient (Wildman–Crippen LogP) is 3.45. The topological polar surface area (TPSA) is 37.8 Å².